The van der Waals surface area contributed by atoms with Gasteiger partial charge in [-0.15, -0.1) is 16.8 Å². The number of nitrogens with zero attached hydrogens (tertiary/aromatic N) is 3. The Morgan fingerprint density at radius 1 is 1.15 bits per heavy atom. The summed E-state index contributed by atoms with van der Waals surface area (Å²) in [6, 6.07) is 15.4. The lowest BCUT2D eigenvalue weighted by Gasteiger charge is -2.12. The summed E-state index contributed by atoms with van der Waals surface area (Å²) >= 11 is 1.31. The van der Waals surface area contributed by atoms with Crippen molar-refractivity contribution < 1.29 is 14.3 Å². The minimum Gasteiger partial charge on any atom is -0.492 e. The molecule has 0 aliphatic carbocycles. The van der Waals surface area contributed by atoms with E-state index in [1.165, 1.54) is 17.3 Å². The number of benzene rings is 2. The number of carbonyl (C=O) groups is 1. The first-order valence-corrected chi connectivity index (χ1v) is 11.9. The normalized spacial score (nSPS) is 10.8. The van der Waals surface area contributed by atoms with Gasteiger partial charge in [0, 0.05) is 6.54 Å². The van der Waals surface area contributed by atoms with Crippen LogP contribution in [0.15, 0.2) is 66.3 Å². The molecule has 33 heavy (non-hydrogen) atoms. The highest BCUT2D eigenvalue weighted by Crippen LogP contribution is 2.25. The Morgan fingerprint density at radius 3 is 2.61 bits per heavy atom. The van der Waals surface area contributed by atoms with E-state index in [1.807, 2.05) is 47.9 Å². The number of thioether (sulfide) groups is 1. The molecule has 7 nitrogen and oxygen atoms in total. The maximum atomic E-state index is 12.5. The molecule has 0 fully saturated rings. The standard InChI is InChI=1S/C25H30N4O3S/c1-5-15-29-23(16-32-20-13-11-19(12-14-20)18(3)4)27-28-25(29)33-17-24(30)26-21-9-7-8-10-22(21)31-6-2/h5,7-14,18H,1,6,15-17H2,2-4H3,(H,26,30). The number of para-hydroxylation sites is 2. The average molecular weight is 467 g/mol. The molecule has 0 aliphatic heterocycles. The van der Waals surface area contributed by atoms with E-state index >= 15 is 0 Å². The van der Waals surface area contributed by atoms with Crippen LogP contribution in [0.25, 0.3) is 0 Å². The van der Waals surface area contributed by atoms with E-state index in [0.717, 1.165) is 5.75 Å². The quantitative estimate of drug-likeness (QED) is 0.288. The number of allylic oxidation sites excluding steroid dienone is 1. The SMILES string of the molecule is C=CCn1c(COc2ccc(C(C)C)cc2)nnc1SCC(=O)Nc1ccccc1OCC. The molecule has 1 heterocycles. The highest BCUT2D eigenvalue weighted by Gasteiger charge is 2.15. The Kier molecular flexibility index (Phi) is 8.95. The topological polar surface area (TPSA) is 78.3 Å². The van der Waals surface area contributed by atoms with Crippen molar-refractivity contribution in [1.29, 1.82) is 0 Å². The lowest BCUT2D eigenvalue weighted by molar-refractivity contribution is -0.113. The second kappa shape index (κ2) is 12.1. The monoisotopic (exact) mass is 466 g/mol. The maximum Gasteiger partial charge on any atom is 0.234 e. The molecule has 3 rings (SSSR count). The summed E-state index contributed by atoms with van der Waals surface area (Å²) < 4.78 is 13.4. The molecule has 174 valence electrons. The van der Waals surface area contributed by atoms with Gasteiger partial charge in [0.1, 0.15) is 18.1 Å². The van der Waals surface area contributed by atoms with Crippen molar-refractivity contribution in [2.45, 2.75) is 45.0 Å². The number of anilines is 1. The van der Waals surface area contributed by atoms with Crippen molar-refractivity contribution in [3.05, 3.63) is 72.6 Å². The highest BCUT2D eigenvalue weighted by atomic mass is 32.2. The molecule has 0 radical (unpaired) electrons. The molecule has 2 aromatic carbocycles. The zero-order chi connectivity index (χ0) is 23.6. The lowest BCUT2D eigenvalue weighted by atomic mass is 10.0. The molecule has 1 aromatic heterocycles. The second-order valence-corrected chi connectivity index (χ2v) is 8.52. The zero-order valence-electron chi connectivity index (χ0n) is 19.3. The number of amides is 1. The number of hydrogen-bond acceptors (Lipinski definition) is 6. The second-order valence-electron chi connectivity index (χ2n) is 7.58. The summed E-state index contributed by atoms with van der Waals surface area (Å²) in [6.45, 7) is 11.4. The molecule has 1 N–H and O–H groups in total. The minimum atomic E-state index is -0.150. The molecule has 0 aliphatic rings. The van der Waals surface area contributed by atoms with Gasteiger partial charge in [-0.1, -0.05) is 56.0 Å². The van der Waals surface area contributed by atoms with E-state index in [-0.39, 0.29) is 18.3 Å². The first-order valence-electron chi connectivity index (χ1n) is 10.9. The molecule has 3 aromatic rings. The van der Waals surface area contributed by atoms with Gasteiger partial charge in [-0.05, 0) is 42.7 Å². The van der Waals surface area contributed by atoms with E-state index in [9.17, 15) is 4.79 Å². The van der Waals surface area contributed by atoms with E-state index < -0.39 is 0 Å². The Bertz CT molecular complexity index is 1060. The van der Waals surface area contributed by atoms with Crippen LogP contribution in [0.3, 0.4) is 0 Å². The summed E-state index contributed by atoms with van der Waals surface area (Å²) in [5, 5.41) is 12.0. The highest BCUT2D eigenvalue weighted by molar-refractivity contribution is 7.99. The molecule has 0 atom stereocenters. The molecular formula is C25H30N4O3S. The molecule has 0 saturated carbocycles. The Morgan fingerprint density at radius 2 is 1.91 bits per heavy atom. The van der Waals surface area contributed by atoms with Crippen LogP contribution in [0, 0.1) is 0 Å². The van der Waals surface area contributed by atoms with Crippen LogP contribution in [0.1, 0.15) is 38.1 Å². The van der Waals surface area contributed by atoms with Gasteiger partial charge < -0.3 is 14.8 Å². The van der Waals surface area contributed by atoms with Gasteiger partial charge in [-0.25, -0.2) is 0 Å². The van der Waals surface area contributed by atoms with E-state index in [2.05, 4.69) is 48.1 Å². The number of hydrogen-bond donors (Lipinski definition) is 1. The fourth-order valence-electron chi connectivity index (χ4n) is 3.11. The largest absolute Gasteiger partial charge is 0.492 e. The molecule has 8 heteroatoms. The van der Waals surface area contributed by atoms with Crippen LogP contribution < -0.4 is 14.8 Å². The van der Waals surface area contributed by atoms with Crippen LogP contribution in [-0.2, 0) is 17.9 Å². The van der Waals surface area contributed by atoms with Gasteiger partial charge in [0.05, 0.1) is 18.0 Å². The number of carbonyl (C=O) groups excluding carboxylic acids is 1. The first-order chi connectivity index (χ1) is 16.0. The Labute approximate surface area is 199 Å². The van der Waals surface area contributed by atoms with Crippen LogP contribution >= 0.6 is 11.8 Å². The van der Waals surface area contributed by atoms with Crippen molar-refractivity contribution in [2.75, 3.05) is 17.7 Å². The zero-order valence-corrected chi connectivity index (χ0v) is 20.1. The summed E-state index contributed by atoms with van der Waals surface area (Å²) in [7, 11) is 0. The van der Waals surface area contributed by atoms with Crippen LogP contribution in [0.2, 0.25) is 0 Å². The molecule has 0 spiro atoms. The number of rotatable bonds is 12. The molecule has 0 saturated heterocycles. The summed E-state index contributed by atoms with van der Waals surface area (Å²) in [5.74, 6) is 2.60. The molecular weight excluding hydrogens is 436 g/mol. The third-order valence-corrected chi connectivity index (χ3v) is 5.78. The van der Waals surface area contributed by atoms with Gasteiger partial charge in [0.2, 0.25) is 5.91 Å². The van der Waals surface area contributed by atoms with Gasteiger partial charge in [0.15, 0.2) is 11.0 Å². The van der Waals surface area contributed by atoms with Crippen molar-refractivity contribution in [3.63, 3.8) is 0 Å². The van der Waals surface area contributed by atoms with Crippen LogP contribution in [0.4, 0.5) is 5.69 Å². The number of ether oxygens (including phenoxy) is 2. The smallest absolute Gasteiger partial charge is 0.234 e. The lowest BCUT2D eigenvalue weighted by Crippen LogP contribution is -2.15. The Hall–Kier alpha value is -3.26. The van der Waals surface area contributed by atoms with Crippen molar-refractivity contribution >= 4 is 23.4 Å². The molecule has 0 unspecified atom stereocenters. The predicted molar refractivity (Wildman–Crippen MR) is 132 cm³/mol. The van der Waals surface area contributed by atoms with E-state index in [1.54, 1.807) is 6.08 Å². The minimum absolute atomic E-state index is 0.150. The van der Waals surface area contributed by atoms with Crippen LogP contribution in [-0.4, -0.2) is 33.0 Å². The number of nitrogens with one attached hydrogen (secondary N) is 1. The van der Waals surface area contributed by atoms with Crippen molar-refractivity contribution in [1.82, 2.24) is 14.8 Å². The summed E-state index contributed by atoms with van der Waals surface area (Å²) in [5.41, 5.74) is 1.91. The van der Waals surface area contributed by atoms with E-state index in [4.69, 9.17) is 9.47 Å². The average Bonchev–Trinajstić information content (AvgIpc) is 3.20. The molecule has 1 amide bonds. The van der Waals surface area contributed by atoms with Crippen molar-refractivity contribution in [3.8, 4) is 11.5 Å². The van der Waals surface area contributed by atoms with Gasteiger partial charge in [-0.3, -0.25) is 9.36 Å². The third kappa shape index (κ3) is 6.86. The van der Waals surface area contributed by atoms with Gasteiger partial charge in [-0.2, -0.15) is 0 Å². The predicted octanol–water partition coefficient (Wildman–Crippen LogP) is 5.30. The molecule has 0 bridgehead atoms. The van der Waals surface area contributed by atoms with Gasteiger partial charge >= 0.3 is 0 Å². The first kappa shape index (κ1) is 24.4. The maximum absolute atomic E-state index is 12.5. The third-order valence-electron chi connectivity index (χ3n) is 4.81. The fraction of sp³-hybridized carbons (Fsp3) is 0.320. The Balaban J connectivity index is 1.60. The summed E-state index contributed by atoms with van der Waals surface area (Å²) in [4.78, 5) is 12.5. The summed E-state index contributed by atoms with van der Waals surface area (Å²) in [6.07, 6.45) is 1.77. The fourth-order valence-corrected chi connectivity index (χ4v) is 3.88. The van der Waals surface area contributed by atoms with Gasteiger partial charge in [0.25, 0.3) is 0 Å². The van der Waals surface area contributed by atoms with Crippen LogP contribution in [0.5, 0.6) is 11.5 Å². The number of aromatic nitrogens is 3. The van der Waals surface area contributed by atoms with E-state index in [0.29, 0.717) is 41.5 Å². The van der Waals surface area contributed by atoms with Crippen molar-refractivity contribution in [2.24, 2.45) is 0 Å².